The molecule has 0 fully saturated rings. The molecular formula is C26H22BBrI3O10-. The molecule has 0 unspecified atom stereocenters. The molecule has 0 spiro atoms. The summed E-state index contributed by atoms with van der Waals surface area (Å²) in [6.07, 6.45) is 1.11. The average Bonchev–Trinajstić information content (AvgIpc) is 3.68. The second kappa shape index (κ2) is 20.8. The molecule has 0 aliphatic heterocycles. The van der Waals surface area contributed by atoms with E-state index in [2.05, 4.69) is 67.1 Å². The van der Waals surface area contributed by atoms with Gasteiger partial charge in [0, 0.05) is 10.0 Å². The molecule has 0 saturated carbocycles. The number of rotatable bonds is 6. The van der Waals surface area contributed by atoms with Crippen LogP contribution in [0.5, 0.6) is 0 Å². The van der Waals surface area contributed by atoms with Crippen LogP contribution in [-0.4, -0.2) is 55.9 Å². The van der Waals surface area contributed by atoms with Gasteiger partial charge in [0.2, 0.25) is 0 Å². The zero-order valence-electron chi connectivity index (χ0n) is 21.3. The molecule has 218 valence electrons. The summed E-state index contributed by atoms with van der Waals surface area (Å²) < 4.78 is 19.9. The van der Waals surface area contributed by atoms with Crippen molar-refractivity contribution in [2.45, 2.75) is 0 Å². The van der Waals surface area contributed by atoms with Crippen molar-refractivity contribution in [2.24, 2.45) is 0 Å². The summed E-state index contributed by atoms with van der Waals surface area (Å²) in [6, 6.07) is 19.9. The number of carbonyl (C=O) groups is 4. The Morgan fingerprint density at radius 1 is 0.805 bits per heavy atom. The van der Waals surface area contributed by atoms with Crippen LogP contribution < -0.4 is 18.9 Å². The molecule has 0 radical (unpaired) electrons. The minimum atomic E-state index is -1.64. The fraction of sp³-hybridized carbons (Fsp3) is 0.0769. The molecule has 0 amide bonds. The van der Waals surface area contributed by atoms with Gasteiger partial charge in [-0.3, -0.25) is 9.59 Å². The summed E-state index contributed by atoms with van der Waals surface area (Å²) in [6.45, 7) is 0. The first-order valence-electron chi connectivity index (χ1n) is 11.0. The monoisotopic (exact) mass is 965 g/mol. The summed E-state index contributed by atoms with van der Waals surface area (Å²) in [5.41, 5.74) is 1.53. The summed E-state index contributed by atoms with van der Waals surface area (Å²) in [4.78, 5) is 43.1. The molecule has 0 bridgehead atoms. The predicted molar refractivity (Wildman–Crippen MR) is 168 cm³/mol. The topological polar surface area (TPSA) is 153 Å². The number of esters is 2. The number of benzene rings is 2. The van der Waals surface area contributed by atoms with Gasteiger partial charge in [0.1, 0.15) is 11.4 Å². The third-order valence-electron chi connectivity index (χ3n) is 4.64. The van der Waals surface area contributed by atoms with E-state index < -0.39 is 13.1 Å². The maximum atomic E-state index is 11.6. The summed E-state index contributed by atoms with van der Waals surface area (Å²) in [5, 5.41) is 17.0. The first-order chi connectivity index (χ1) is 19.7. The van der Waals surface area contributed by atoms with Crippen LogP contribution in [0, 0.1) is 0 Å². The number of hydrogen-bond donors (Lipinski definition) is 2. The number of furan rings is 2. The van der Waals surface area contributed by atoms with Gasteiger partial charge in [0.15, 0.2) is 24.1 Å². The second-order valence-electron chi connectivity index (χ2n) is 7.11. The first-order valence-corrected chi connectivity index (χ1v) is 24.4. The number of carbonyl (C=O) groups excluding carboxylic acids is 4. The van der Waals surface area contributed by atoms with E-state index in [-0.39, 0.29) is 23.1 Å². The van der Waals surface area contributed by atoms with Crippen LogP contribution in [0.1, 0.15) is 41.8 Å². The van der Waals surface area contributed by atoms with Gasteiger partial charge in [0.25, 0.3) is 0 Å². The molecule has 2 aromatic heterocycles. The number of hydrogen-bond acceptors (Lipinski definition) is 10. The number of aldehydes is 2. The molecule has 15 heteroatoms. The van der Waals surface area contributed by atoms with Crippen molar-refractivity contribution in [3.05, 3.63) is 99.9 Å². The third kappa shape index (κ3) is 12.8. The van der Waals surface area contributed by atoms with Gasteiger partial charge in [-0.25, -0.2) is 9.59 Å². The second-order valence-corrected chi connectivity index (χ2v) is 24.2. The zero-order valence-corrected chi connectivity index (χ0v) is 29.4. The van der Waals surface area contributed by atoms with Crippen molar-refractivity contribution in [2.75, 3.05) is 14.2 Å². The van der Waals surface area contributed by atoms with E-state index in [4.69, 9.17) is 14.5 Å². The molecule has 2 N–H and O–H groups in total. The van der Waals surface area contributed by atoms with Gasteiger partial charge >= 0.3 is 69.5 Å². The van der Waals surface area contributed by atoms with Gasteiger partial charge in [0.05, 0.1) is 25.3 Å². The van der Waals surface area contributed by atoms with E-state index in [1.807, 2.05) is 6.07 Å². The number of halogens is 4. The standard InChI is InChI=1S/C13H10O4.C8H7BrO2.C5H5BO4.I3/c1-16-13(15)11-5-3-2-4-10(11)12-7-6-9(8-14)17-12;1-11-8(10)6-4-2-3-5-7(6)9;7-3-4-1-2-5(10-4)6(8)9;1-3-2/h2-8H,1H3;2-5H,1H3;1-3,8-9H;/q;;;-1. The zero-order chi connectivity index (χ0) is 30.8. The van der Waals surface area contributed by atoms with Gasteiger partial charge in [-0.05, 0) is 58.4 Å². The minimum absolute atomic E-state index is 0.0258. The molecule has 4 aromatic rings. The Bertz CT molecular complexity index is 1410. The quantitative estimate of drug-likeness (QED) is 0.128. The van der Waals surface area contributed by atoms with Crippen molar-refractivity contribution in [1.29, 1.82) is 0 Å². The summed E-state index contributed by atoms with van der Waals surface area (Å²) >= 11 is 8.54. The molecular weight excluding hydrogens is 944 g/mol. The van der Waals surface area contributed by atoms with Crippen molar-refractivity contribution in [3.8, 4) is 11.3 Å². The normalized spacial score (nSPS) is 9.44. The average molecular weight is 966 g/mol. The van der Waals surface area contributed by atoms with Crippen LogP contribution in [0.4, 0.5) is 0 Å². The first kappa shape index (κ1) is 37.0. The van der Waals surface area contributed by atoms with Crippen molar-refractivity contribution < 1.29 is 60.8 Å². The van der Waals surface area contributed by atoms with E-state index in [1.165, 1.54) is 26.4 Å². The Hall–Kier alpha value is -2.07. The van der Waals surface area contributed by atoms with Crippen LogP contribution >= 0.6 is 53.2 Å². The number of methoxy groups -OCH3 is 2. The Morgan fingerprint density at radius 3 is 1.76 bits per heavy atom. The van der Waals surface area contributed by atoms with Crippen LogP contribution in [0.3, 0.4) is 0 Å². The van der Waals surface area contributed by atoms with Gasteiger partial charge in [-0.2, -0.15) is 0 Å². The maximum absolute atomic E-state index is 11.6. The van der Waals surface area contributed by atoms with Gasteiger partial charge in [-0.1, -0.05) is 30.3 Å². The van der Waals surface area contributed by atoms with Crippen LogP contribution in [0.25, 0.3) is 11.3 Å². The van der Waals surface area contributed by atoms with Crippen LogP contribution in [-0.2, 0) is 9.47 Å². The van der Waals surface area contributed by atoms with Crippen molar-refractivity contribution in [1.82, 2.24) is 0 Å². The summed E-state index contributed by atoms with van der Waals surface area (Å²) in [5.74, 6) is 0.0120. The van der Waals surface area contributed by atoms with Crippen molar-refractivity contribution in [3.63, 3.8) is 0 Å². The van der Waals surface area contributed by atoms with E-state index in [9.17, 15) is 19.2 Å². The fourth-order valence-corrected chi connectivity index (χ4v) is 3.30. The molecule has 2 aromatic carbocycles. The molecule has 2 heterocycles. The van der Waals surface area contributed by atoms with E-state index in [1.54, 1.807) is 54.6 Å². The molecule has 0 aliphatic rings. The van der Waals surface area contributed by atoms with E-state index in [0.717, 1.165) is 4.47 Å². The van der Waals surface area contributed by atoms with Gasteiger partial charge < -0.3 is 28.4 Å². The minimum Gasteiger partial charge on any atom is -0.462 e. The largest absolute Gasteiger partial charge is 0.526 e. The van der Waals surface area contributed by atoms with E-state index in [0.29, 0.717) is 48.3 Å². The third-order valence-corrected chi connectivity index (χ3v) is 5.33. The molecule has 41 heavy (non-hydrogen) atoms. The van der Waals surface area contributed by atoms with Crippen LogP contribution in [0.15, 0.2) is 86.1 Å². The fourth-order valence-electron chi connectivity index (χ4n) is 2.85. The Morgan fingerprint density at radius 2 is 1.29 bits per heavy atom. The smallest absolute Gasteiger partial charge is 0.462 e. The van der Waals surface area contributed by atoms with Crippen LogP contribution in [0.2, 0.25) is 0 Å². The summed E-state index contributed by atoms with van der Waals surface area (Å²) in [7, 11) is 1.04. The number of ether oxygens (including phenoxy) is 2. The van der Waals surface area contributed by atoms with E-state index >= 15 is 0 Å². The molecule has 0 atom stereocenters. The molecule has 4 rings (SSSR count). The SMILES string of the molecule is COC(=O)c1ccccc1-c1ccc(C=O)o1.COC(=O)c1ccccc1Br.I[I-]I.O=Cc1ccc(B(O)O)o1. The Kier molecular flexibility index (Phi) is 18.7. The predicted octanol–water partition coefficient (Wildman–Crippen LogP) is 2.33. The molecule has 0 saturated heterocycles. The Labute approximate surface area is 274 Å². The Balaban J connectivity index is 0.000000306. The van der Waals surface area contributed by atoms with Gasteiger partial charge in [-0.15, -0.1) is 0 Å². The van der Waals surface area contributed by atoms with Crippen molar-refractivity contribution >= 4 is 90.5 Å². The maximum Gasteiger partial charge on any atom is 0.526 e. The molecule has 10 nitrogen and oxygen atoms in total. The molecule has 0 aliphatic carbocycles.